The van der Waals surface area contributed by atoms with Crippen LogP contribution in [0.3, 0.4) is 0 Å². The van der Waals surface area contributed by atoms with E-state index in [4.69, 9.17) is 11.6 Å². The van der Waals surface area contributed by atoms with E-state index in [9.17, 15) is 21.6 Å². The number of rotatable bonds is 4. The summed E-state index contributed by atoms with van der Waals surface area (Å²) in [5.41, 5.74) is 1.03. The summed E-state index contributed by atoms with van der Waals surface area (Å²) in [4.78, 5) is 8.81. The molecule has 0 amide bonds. The molecule has 0 aliphatic rings. The number of hydrogen-bond donors (Lipinski definition) is 1. The molecule has 31 heavy (non-hydrogen) atoms. The Morgan fingerprint density at radius 3 is 2.58 bits per heavy atom. The van der Waals surface area contributed by atoms with Gasteiger partial charge in [-0.1, -0.05) is 35.1 Å². The Hall–Kier alpha value is -2.69. The lowest BCUT2D eigenvalue weighted by atomic mass is 10.1. The van der Waals surface area contributed by atoms with E-state index in [1.807, 2.05) is 6.07 Å². The van der Waals surface area contributed by atoms with E-state index in [1.165, 1.54) is 11.3 Å². The number of pyridine rings is 1. The number of aromatic nitrogens is 2. The third kappa shape index (κ3) is 4.36. The first-order chi connectivity index (χ1) is 14.5. The summed E-state index contributed by atoms with van der Waals surface area (Å²) in [6.07, 6.45) is -3.05. The highest BCUT2D eigenvalue weighted by Gasteiger charge is 2.33. The van der Waals surface area contributed by atoms with Gasteiger partial charge in [0.1, 0.15) is 20.3 Å². The fraction of sp³-hybridized carbons (Fsp3) is 0.100. The second kappa shape index (κ2) is 7.77. The molecule has 2 aromatic carbocycles. The molecule has 0 unspecified atom stereocenters. The molecule has 11 heteroatoms. The molecule has 5 nitrogen and oxygen atoms in total. The van der Waals surface area contributed by atoms with Gasteiger partial charge in [0, 0.05) is 11.8 Å². The summed E-state index contributed by atoms with van der Waals surface area (Å²) in [7, 11) is -4.38. The number of aryl methyl sites for hydroxylation is 1. The van der Waals surface area contributed by atoms with Gasteiger partial charge in [0.25, 0.3) is 10.0 Å². The molecule has 0 radical (unpaired) electrons. The molecule has 2 aromatic heterocycles. The van der Waals surface area contributed by atoms with Crippen molar-refractivity contribution in [1.29, 1.82) is 0 Å². The van der Waals surface area contributed by atoms with Crippen LogP contribution >= 0.6 is 22.9 Å². The zero-order valence-electron chi connectivity index (χ0n) is 15.7. The summed E-state index contributed by atoms with van der Waals surface area (Å²) in [5, 5.41) is 0.317. The monoisotopic (exact) mass is 483 g/mol. The average molecular weight is 484 g/mol. The standard InChI is InChI=1S/C20H13ClF3N3O2S2/c1-11-4-5-12(18-26-15-3-2-8-25-19(15)30-18)9-16(11)27-31(28,29)17-10-13(20(22,23)24)6-7-14(17)21/h2-10,27H,1H3. The van der Waals surface area contributed by atoms with Gasteiger partial charge in [-0.2, -0.15) is 13.2 Å². The molecule has 0 fully saturated rings. The molecule has 0 aliphatic heterocycles. The molecule has 2 heterocycles. The lowest BCUT2D eigenvalue weighted by Gasteiger charge is -2.14. The van der Waals surface area contributed by atoms with Crippen molar-refractivity contribution in [1.82, 2.24) is 9.97 Å². The molecule has 4 aromatic rings. The van der Waals surface area contributed by atoms with Crippen LogP contribution in [-0.2, 0) is 16.2 Å². The Morgan fingerprint density at radius 1 is 1.10 bits per heavy atom. The molecule has 4 rings (SSSR count). The number of hydrogen-bond acceptors (Lipinski definition) is 5. The van der Waals surface area contributed by atoms with Crippen LogP contribution in [0.2, 0.25) is 5.02 Å². The molecular formula is C20H13ClF3N3O2S2. The van der Waals surface area contributed by atoms with Crippen LogP contribution in [-0.4, -0.2) is 18.4 Å². The van der Waals surface area contributed by atoms with E-state index >= 15 is 0 Å². The Bertz CT molecular complexity index is 1370. The smallest absolute Gasteiger partial charge is 0.279 e. The number of benzene rings is 2. The first-order valence-corrected chi connectivity index (χ1v) is 11.4. The van der Waals surface area contributed by atoms with E-state index in [2.05, 4.69) is 14.7 Å². The Labute approximate surface area is 184 Å². The maximum atomic E-state index is 13.0. The van der Waals surface area contributed by atoms with Crippen molar-refractivity contribution in [3.63, 3.8) is 0 Å². The minimum Gasteiger partial charge on any atom is -0.279 e. The van der Waals surface area contributed by atoms with Crippen molar-refractivity contribution in [2.45, 2.75) is 18.0 Å². The van der Waals surface area contributed by atoms with Crippen molar-refractivity contribution in [3.8, 4) is 10.6 Å². The topological polar surface area (TPSA) is 72.0 Å². The Morgan fingerprint density at radius 2 is 1.87 bits per heavy atom. The van der Waals surface area contributed by atoms with Crippen LogP contribution in [0, 0.1) is 6.92 Å². The van der Waals surface area contributed by atoms with Gasteiger partial charge in [0.15, 0.2) is 0 Å². The van der Waals surface area contributed by atoms with E-state index < -0.39 is 26.7 Å². The minimum atomic E-state index is -4.70. The highest BCUT2D eigenvalue weighted by Crippen LogP contribution is 2.35. The second-order valence-electron chi connectivity index (χ2n) is 6.62. The largest absolute Gasteiger partial charge is 0.416 e. The van der Waals surface area contributed by atoms with Crippen LogP contribution in [0.4, 0.5) is 18.9 Å². The van der Waals surface area contributed by atoms with Crippen molar-refractivity contribution in [3.05, 3.63) is 70.9 Å². The normalized spacial score (nSPS) is 12.3. The fourth-order valence-corrected chi connectivity index (χ4v) is 5.40. The molecule has 0 aliphatic carbocycles. The predicted octanol–water partition coefficient (Wildman–Crippen LogP) is 6.14. The van der Waals surface area contributed by atoms with Gasteiger partial charge < -0.3 is 0 Å². The number of nitrogens with zero attached hydrogens (tertiary/aromatic N) is 2. The van der Waals surface area contributed by atoms with Gasteiger partial charge in [0.2, 0.25) is 0 Å². The molecule has 0 spiro atoms. The summed E-state index contributed by atoms with van der Waals surface area (Å²) in [6.45, 7) is 1.68. The molecule has 1 N–H and O–H groups in total. The molecule has 0 atom stereocenters. The first kappa shape index (κ1) is 21.5. The third-order valence-electron chi connectivity index (χ3n) is 4.44. The van der Waals surface area contributed by atoms with Gasteiger partial charge >= 0.3 is 6.18 Å². The van der Waals surface area contributed by atoms with Gasteiger partial charge in [-0.15, -0.1) is 0 Å². The van der Waals surface area contributed by atoms with Gasteiger partial charge in [-0.3, -0.25) is 4.72 Å². The lowest BCUT2D eigenvalue weighted by molar-refractivity contribution is -0.137. The summed E-state index contributed by atoms with van der Waals surface area (Å²) in [6, 6.07) is 10.8. The Balaban J connectivity index is 1.73. The minimum absolute atomic E-state index is 0.207. The maximum absolute atomic E-state index is 13.0. The van der Waals surface area contributed by atoms with Crippen LogP contribution in [0.15, 0.2) is 59.6 Å². The van der Waals surface area contributed by atoms with Gasteiger partial charge in [-0.25, -0.2) is 18.4 Å². The van der Waals surface area contributed by atoms with Gasteiger partial charge in [0.05, 0.1) is 16.3 Å². The van der Waals surface area contributed by atoms with Crippen molar-refractivity contribution in [2.24, 2.45) is 0 Å². The molecule has 0 saturated carbocycles. The number of fused-ring (bicyclic) bond motifs is 1. The molecular weight excluding hydrogens is 471 g/mol. The summed E-state index contributed by atoms with van der Waals surface area (Å²) < 4.78 is 67.2. The highest BCUT2D eigenvalue weighted by atomic mass is 35.5. The van der Waals surface area contributed by atoms with Crippen molar-refractivity contribution in [2.75, 3.05) is 4.72 Å². The first-order valence-electron chi connectivity index (χ1n) is 8.77. The highest BCUT2D eigenvalue weighted by molar-refractivity contribution is 7.92. The van der Waals surface area contributed by atoms with Crippen LogP contribution in [0.1, 0.15) is 11.1 Å². The molecule has 160 valence electrons. The number of thiazole rings is 1. The number of halogens is 4. The number of alkyl halides is 3. The zero-order valence-corrected chi connectivity index (χ0v) is 18.1. The van der Waals surface area contributed by atoms with Crippen LogP contribution in [0.25, 0.3) is 20.9 Å². The van der Waals surface area contributed by atoms with Crippen molar-refractivity contribution >= 4 is 49.0 Å². The molecule has 0 bridgehead atoms. The Kier molecular flexibility index (Phi) is 5.40. The molecule has 0 saturated heterocycles. The van der Waals surface area contributed by atoms with Crippen LogP contribution < -0.4 is 4.72 Å². The number of sulfonamides is 1. The number of nitrogens with one attached hydrogen (secondary N) is 1. The van der Waals surface area contributed by atoms with Crippen molar-refractivity contribution < 1.29 is 21.6 Å². The zero-order chi connectivity index (χ0) is 22.4. The quantitative estimate of drug-likeness (QED) is 0.378. The van der Waals surface area contributed by atoms with Gasteiger partial charge in [-0.05, 0) is 48.9 Å². The van der Waals surface area contributed by atoms with Crippen LogP contribution in [0.5, 0.6) is 0 Å². The average Bonchev–Trinajstić information content (AvgIpc) is 3.13. The third-order valence-corrected chi connectivity index (χ3v) is 7.32. The maximum Gasteiger partial charge on any atom is 0.416 e. The lowest BCUT2D eigenvalue weighted by Crippen LogP contribution is -2.16. The van der Waals surface area contributed by atoms with E-state index in [-0.39, 0.29) is 10.7 Å². The second-order valence-corrected chi connectivity index (χ2v) is 9.66. The van der Waals surface area contributed by atoms with E-state index in [0.717, 1.165) is 17.0 Å². The summed E-state index contributed by atoms with van der Waals surface area (Å²) >= 11 is 7.25. The summed E-state index contributed by atoms with van der Waals surface area (Å²) in [5.74, 6) is 0. The SMILES string of the molecule is Cc1ccc(-c2nc3cccnc3s2)cc1NS(=O)(=O)c1cc(C(F)(F)F)ccc1Cl. The van der Waals surface area contributed by atoms with E-state index in [1.54, 1.807) is 37.4 Å². The fourth-order valence-electron chi connectivity index (χ4n) is 2.84. The van der Waals surface area contributed by atoms with E-state index in [0.29, 0.717) is 27.7 Å². The number of anilines is 1. The predicted molar refractivity (Wildman–Crippen MR) is 115 cm³/mol.